The summed E-state index contributed by atoms with van der Waals surface area (Å²) < 4.78 is 0. The van der Waals surface area contributed by atoms with Gasteiger partial charge in [0.25, 0.3) is 0 Å². The van der Waals surface area contributed by atoms with Gasteiger partial charge in [-0.25, -0.2) is 0 Å². The van der Waals surface area contributed by atoms with Crippen LogP contribution >= 0.6 is 0 Å². The Bertz CT molecular complexity index is 287. The summed E-state index contributed by atoms with van der Waals surface area (Å²) in [6.07, 6.45) is 6.16. The predicted octanol–water partition coefficient (Wildman–Crippen LogP) is 2.43. The van der Waals surface area contributed by atoms with E-state index >= 15 is 0 Å². The third kappa shape index (κ3) is 1.49. The highest BCUT2D eigenvalue weighted by atomic mass is 16.2. The lowest BCUT2D eigenvalue weighted by atomic mass is 9.97. The monoisotopic (exact) mass is 207 g/mol. The highest BCUT2D eigenvalue weighted by molar-refractivity contribution is 5.80. The molecule has 15 heavy (non-hydrogen) atoms. The standard InChI is InChI=1S/C13H21NO/c1-13(2)4-3-5-14(13)12(15)11-7-9-6-10(9)8-11/h9-11H,3-8H2,1-2H3. The summed E-state index contributed by atoms with van der Waals surface area (Å²) in [4.78, 5) is 14.5. The molecule has 0 radical (unpaired) electrons. The van der Waals surface area contributed by atoms with Crippen molar-refractivity contribution in [2.45, 2.75) is 51.5 Å². The number of nitrogens with zero attached hydrogens (tertiary/aromatic N) is 1. The van der Waals surface area contributed by atoms with Gasteiger partial charge in [-0.15, -0.1) is 0 Å². The number of carbonyl (C=O) groups is 1. The minimum absolute atomic E-state index is 0.129. The van der Waals surface area contributed by atoms with Crippen LogP contribution in [0.2, 0.25) is 0 Å². The van der Waals surface area contributed by atoms with E-state index in [2.05, 4.69) is 18.7 Å². The molecule has 1 heterocycles. The average Bonchev–Trinajstić information content (AvgIpc) is 2.63. The van der Waals surface area contributed by atoms with Gasteiger partial charge in [-0.1, -0.05) is 0 Å². The zero-order valence-electron chi connectivity index (χ0n) is 9.83. The highest BCUT2D eigenvalue weighted by Gasteiger charge is 2.50. The van der Waals surface area contributed by atoms with Gasteiger partial charge in [0.1, 0.15) is 0 Å². The van der Waals surface area contributed by atoms with Crippen LogP contribution in [0, 0.1) is 17.8 Å². The lowest BCUT2D eigenvalue weighted by Gasteiger charge is -2.34. The second-order valence-electron chi connectivity index (χ2n) is 6.33. The maximum absolute atomic E-state index is 12.4. The van der Waals surface area contributed by atoms with E-state index in [4.69, 9.17) is 0 Å². The molecule has 0 bridgehead atoms. The summed E-state index contributed by atoms with van der Waals surface area (Å²) in [5.74, 6) is 2.69. The summed E-state index contributed by atoms with van der Waals surface area (Å²) in [5.41, 5.74) is 0.129. The molecule has 0 spiro atoms. The third-order valence-electron chi connectivity index (χ3n) is 4.76. The Morgan fingerprint density at radius 1 is 1.20 bits per heavy atom. The van der Waals surface area contributed by atoms with E-state index in [1.807, 2.05) is 0 Å². The zero-order valence-corrected chi connectivity index (χ0v) is 9.83. The molecule has 3 fully saturated rings. The first kappa shape index (κ1) is 9.68. The van der Waals surface area contributed by atoms with E-state index in [0.29, 0.717) is 11.8 Å². The van der Waals surface area contributed by atoms with Gasteiger partial charge >= 0.3 is 0 Å². The van der Waals surface area contributed by atoms with Gasteiger partial charge < -0.3 is 4.90 Å². The van der Waals surface area contributed by atoms with Crippen molar-refractivity contribution < 1.29 is 4.79 Å². The first-order valence-electron chi connectivity index (χ1n) is 6.39. The Hall–Kier alpha value is -0.530. The van der Waals surface area contributed by atoms with E-state index in [-0.39, 0.29) is 5.54 Å². The van der Waals surface area contributed by atoms with E-state index in [1.54, 1.807) is 0 Å². The smallest absolute Gasteiger partial charge is 0.226 e. The van der Waals surface area contributed by atoms with Crippen molar-refractivity contribution in [1.82, 2.24) is 4.90 Å². The quantitative estimate of drug-likeness (QED) is 0.646. The molecular weight excluding hydrogens is 186 g/mol. The van der Waals surface area contributed by atoms with Crippen LogP contribution in [0.3, 0.4) is 0 Å². The van der Waals surface area contributed by atoms with Crippen molar-refractivity contribution in [3.63, 3.8) is 0 Å². The molecule has 0 aromatic heterocycles. The molecule has 1 aliphatic heterocycles. The SMILES string of the molecule is CC1(C)CCCN1C(=O)C1CC2CC2C1. The van der Waals surface area contributed by atoms with Crippen LogP contribution in [0.25, 0.3) is 0 Å². The second kappa shape index (κ2) is 2.99. The number of hydrogen-bond donors (Lipinski definition) is 0. The van der Waals surface area contributed by atoms with Crippen LogP contribution in [-0.4, -0.2) is 22.9 Å². The van der Waals surface area contributed by atoms with Gasteiger partial charge in [-0.2, -0.15) is 0 Å². The summed E-state index contributed by atoms with van der Waals surface area (Å²) in [6, 6.07) is 0. The number of amides is 1. The Morgan fingerprint density at radius 2 is 1.87 bits per heavy atom. The lowest BCUT2D eigenvalue weighted by molar-refractivity contribution is -0.138. The fourth-order valence-electron chi connectivity index (χ4n) is 3.65. The largest absolute Gasteiger partial charge is 0.337 e. The molecule has 1 saturated heterocycles. The molecule has 0 N–H and O–H groups in total. The van der Waals surface area contributed by atoms with Crippen LogP contribution in [-0.2, 0) is 4.79 Å². The molecule has 2 atom stereocenters. The minimum atomic E-state index is 0.129. The summed E-state index contributed by atoms with van der Waals surface area (Å²) >= 11 is 0. The van der Waals surface area contributed by atoms with E-state index in [9.17, 15) is 4.79 Å². The lowest BCUT2D eigenvalue weighted by Crippen LogP contribution is -2.45. The van der Waals surface area contributed by atoms with Crippen LogP contribution in [0.5, 0.6) is 0 Å². The highest BCUT2D eigenvalue weighted by Crippen LogP contribution is 2.55. The summed E-state index contributed by atoms with van der Waals surface area (Å²) in [5, 5.41) is 0. The summed E-state index contributed by atoms with van der Waals surface area (Å²) in [7, 11) is 0. The fraction of sp³-hybridized carbons (Fsp3) is 0.923. The molecule has 2 nitrogen and oxygen atoms in total. The van der Waals surface area contributed by atoms with Crippen molar-refractivity contribution in [2.75, 3.05) is 6.54 Å². The van der Waals surface area contributed by atoms with Crippen LogP contribution in [0.1, 0.15) is 46.0 Å². The molecule has 0 aromatic carbocycles. The number of likely N-dealkylation sites (tertiary alicyclic amines) is 1. The molecule has 3 rings (SSSR count). The molecular formula is C13H21NO. The van der Waals surface area contributed by atoms with E-state index < -0.39 is 0 Å². The molecule has 1 amide bonds. The Labute approximate surface area is 92.0 Å². The minimum Gasteiger partial charge on any atom is -0.337 e. The second-order valence-corrected chi connectivity index (χ2v) is 6.33. The van der Waals surface area contributed by atoms with Gasteiger partial charge in [0.2, 0.25) is 5.91 Å². The Balaban J connectivity index is 1.69. The first-order chi connectivity index (χ1) is 7.08. The number of rotatable bonds is 1. The molecule has 2 unspecified atom stereocenters. The molecule has 2 saturated carbocycles. The molecule has 3 aliphatic rings. The topological polar surface area (TPSA) is 20.3 Å². The van der Waals surface area contributed by atoms with Gasteiger partial charge in [0.15, 0.2) is 0 Å². The van der Waals surface area contributed by atoms with Gasteiger partial charge in [-0.05, 0) is 57.8 Å². The average molecular weight is 207 g/mol. The normalized spacial score (nSPS) is 41.7. The van der Waals surface area contributed by atoms with Crippen LogP contribution < -0.4 is 0 Å². The van der Waals surface area contributed by atoms with Crippen molar-refractivity contribution in [3.8, 4) is 0 Å². The van der Waals surface area contributed by atoms with Gasteiger partial charge in [0.05, 0.1) is 0 Å². The number of hydrogen-bond acceptors (Lipinski definition) is 1. The van der Waals surface area contributed by atoms with Crippen molar-refractivity contribution >= 4 is 5.91 Å². The zero-order chi connectivity index (χ0) is 10.6. The van der Waals surface area contributed by atoms with Crippen molar-refractivity contribution in [1.29, 1.82) is 0 Å². The van der Waals surface area contributed by atoms with E-state index in [1.165, 1.54) is 32.1 Å². The fourth-order valence-corrected chi connectivity index (χ4v) is 3.65. The predicted molar refractivity (Wildman–Crippen MR) is 59.3 cm³/mol. The number of fused-ring (bicyclic) bond motifs is 1. The van der Waals surface area contributed by atoms with Crippen molar-refractivity contribution in [3.05, 3.63) is 0 Å². The maximum Gasteiger partial charge on any atom is 0.226 e. The molecule has 2 heteroatoms. The maximum atomic E-state index is 12.4. The summed E-state index contributed by atoms with van der Waals surface area (Å²) in [6.45, 7) is 5.43. The number of carbonyl (C=O) groups excluding carboxylic acids is 1. The first-order valence-corrected chi connectivity index (χ1v) is 6.39. The van der Waals surface area contributed by atoms with Gasteiger partial charge in [-0.3, -0.25) is 4.79 Å². The Morgan fingerprint density at radius 3 is 2.40 bits per heavy atom. The van der Waals surface area contributed by atoms with E-state index in [0.717, 1.165) is 18.4 Å². The third-order valence-corrected chi connectivity index (χ3v) is 4.76. The molecule has 84 valence electrons. The van der Waals surface area contributed by atoms with Gasteiger partial charge in [0, 0.05) is 18.0 Å². The van der Waals surface area contributed by atoms with Crippen molar-refractivity contribution in [2.24, 2.45) is 17.8 Å². The Kier molecular flexibility index (Phi) is 1.93. The van der Waals surface area contributed by atoms with Crippen LogP contribution in [0.4, 0.5) is 0 Å². The molecule has 2 aliphatic carbocycles. The van der Waals surface area contributed by atoms with Crippen LogP contribution in [0.15, 0.2) is 0 Å². The molecule has 0 aromatic rings.